The van der Waals surface area contributed by atoms with Crippen LogP contribution >= 0.6 is 11.3 Å². The van der Waals surface area contributed by atoms with E-state index in [1.54, 1.807) is 45.7 Å². The largest absolute Gasteiger partial charge is 0.309 e. The lowest BCUT2D eigenvalue weighted by Crippen LogP contribution is -2.33. The number of hydrogen-bond acceptors (Lipinski definition) is 5. The lowest BCUT2D eigenvalue weighted by atomic mass is 10.1. The Bertz CT molecular complexity index is 1220. The Morgan fingerprint density at radius 3 is 2.77 bits per heavy atom. The van der Waals surface area contributed by atoms with Gasteiger partial charge < -0.3 is 4.90 Å². The first-order valence-electron chi connectivity index (χ1n) is 10.2. The van der Waals surface area contributed by atoms with Gasteiger partial charge in [0.05, 0.1) is 21.2 Å². The third-order valence-electron chi connectivity index (χ3n) is 6.01. The van der Waals surface area contributed by atoms with E-state index in [0.29, 0.717) is 17.9 Å². The molecule has 0 unspecified atom stereocenters. The second kappa shape index (κ2) is 7.14. The Hall–Kier alpha value is -2.29. The highest BCUT2D eigenvalue weighted by molar-refractivity contribution is 7.89. The average molecular weight is 442 g/mol. The van der Waals surface area contributed by atoms with Crippen LogP contribution in [-0.4, -0.2) is 36.2 Å². The molecule has 0 radical (unpaired) electrons. The van der Waals surface area contributed by atoms with E-state index < -0.39 is 10.0 Å². The lowest BCUT2D eigenvalue weighted by Gasteiger charge is -2.23. The van der Waals surface area contributed by atoms with Gasteiger partial charge in [-0.15, -0.1) is 11.3 Å². The highest BCUT2D eigenvalue weighted by Gasteiger charge is 2.39. The second-order valence-corrected chi connectivity index (χ2v) is 11.0. The normalized spacial score (nSPS) is 22.0. The van der Waals surface area contributed by atoms with Crippen LogP contribution in [0.3, 0.4) is 0 Å². The van der Waals surface area contributed by atoms with Crippen LogP contribution in [0.4, 0.5) is 5.69 Å². The summed E-state index contributed by atoms with van der Waals surface area (Å²) in [5.74, 6) is -0.0210. The molecule has 1 saturated heterocycles. The maximum atomic E-state index is 13.6. The monoisotopic (exact) mass is 441 g/mol. The first kappa shape index (κ1) is 19.7. The number of nitrogens with zero attached hydrogens (tertiary/aromatic N) is 3. The van der Waals surface area contributed by atoms with Gasteiger partial charge in [0, 0.05) is 25.2 Å². The zero-order chi connectivity index (χ0) is 21.0. The van der Waals surface area contributed by atoms with E-state index in [-0.39, 0.29) is 18.0 Å². The summed E-state index contributed by atoms with van der Waals surface area (Å²) in [5.41, 5.74) is 2.64. The number of carbonyl (C=O) groups is 1. The first-order valence-corrected chi connectivity index (χ1v) is 12.4. The summed E-state index contributed by atoms with van der Waals surface area (Å²) in [6.45, 7) is 4.03. The van der Waals surface area contributed by atoms with E-state index in [9.17, 15) is 13.2 Å². The summed E-state index contributed by atoms with van der Waals surface area (Å²) < 4.78 is 29.8. The van der Waals surface area contributed by atoms with Crippen LogP contribution in [0.15, 0.2) is 47.4 Å². The number of para-hydroxylation sites is 1. The van der Waals surface area contributed by atoms with Gasteiger partial charge in [-0.25, -0.2) is 13.4 Å². The van der Waals surface area contributed by atoms with Crippen molar-refractivity contribution in [2.24, 2.45) is 0 Å². The van der Waals surface area contributed by atoms with Gasteiger partial charge in [0.1, 0.15) is 5.01 Å². The molecule has 0 bridgehead atoms. The molecule has 3 heterocycles. The maximum absolute atomic E-state index is 13.6. The van der Waals surface area contributed by atoms with Gasteiger partial charge in [-0.05, 0) is 62.1 Å². The van der Waals surface area contributed by atoms with Gasteiger partial charge in [0.25, 0.3) is 0 Å². The topological polar surface area (TPSA) is 70.6 Å². The van der Waals surface area contributed by atoms with Crippen LogP contribution in [-0.2, 0) is 21.2 Å². The average Bonchev–Trinajstić information content (AvgIpc) is 3.42. The number of anilines is 1. The number of fused-ring (bicyclic) bond motifs is 2. The van der Waals surface area contributed by atoms with Crippen molar-refractivity contribution in [3.63, 3.8) is 0 Å². The zero-order valence-corrected chi connectivity index (χ0v) is 18.5. The predicted molar refractivity (Wildman–Crippen MR) is 118 cm³/mol. The number of hydrogen-bond donors (Lipinski definition) is 0. The minimum absolute atomic E-state index is 0.0210. The smallest absolute Gasteiger partial charge is 0.243 e. The van der Waals surface area contributed by atoms with Gasteiger partial charge >= 0.3 is 0 Å². The van der Waals surface area contributed by atoms with Gasteiger partial charge in [0.15, 0.2) is 0 Å². The molecule has 8 heteroatoms. The molecule has 0 saturated carbocycles. The van der Waals surface area contributed by atoms with E-state index in [1.807, 2.05) is 31.2 Å². The summed E-state index contributed by atoms with van der Waals surface area (Å²) in [6, 6.07) is 12.9. The summed E-state index contributed by atoms with van der Waals surface area (Å²) in [5, 5.41) is 0.856. The van der Waals surface area contributed by atoms with Gasteiger partial charge in [-0.2, -0.15) is 4.31 Å². The summed E-state index contributed by atoms with van der Waals surface area (Å²) in [6.07, 6.45) is 2.26. The molecule has 0 spiro atoms. The Balaban J connectivity index is 1.50. The van der Waals surface area contributed by atoms with Crippen molar-refractivity contribution in [3.05, 3.63) is 53.0 Å². The van der Waals surface area contributed by atoms with Crippen molar-refractivity contribution in [2.45, 2.75) is 50.1 Å². The number of sulfonamides is 1. The second-order valence-electron chi connectivity index (χ2n) is 8.03. The number of thiazole rings is 1. The molecule has 1 aromatic heterocycles. The fourth-order valence-electron chi connectivity index (χ4n) is 4.69. The first-order chi connectivity index (χ1) is 14.4. The van der Waals surface area contributed by atoms with E-state index >= 15 is 0 Å². The quantitative estimate of drug-likeness (QED) is 0.613. The van der Waals surface area contributed by atoms with Gasteiger partial charge in [0.2, 0.25) is 15.9 Å². The van der Waals surface area contributed by atoms with Gasteiger partial charge in [-0.1, -0.05) is 12.1 Å². The molecule has 2 atom stereocenters. The Labute approximate surface area is 180 Å². The maximum Gasteiger partial charge on any atom is 0.243 e. The number of aromatic nitrogens is 1. The van der Waals surface area contributed by atoms with Crippen LogP contribution in [0.2, 0.25) is 0 Å². The third kappa shape index (κ3) is 3.05. The van der Waals surface area contributed by atoms with Crippen molar-refractivity contribution in [3.8, 4) is 0 Å². The summed E-state index contributed by atoms with van der Waals surface area (Å²) >= 11 is 1.57. The van der Waals surface area contributed by atoms with Crippen LogP contribution in [0.1, 0.15) is 43.3 Å². The van der Waals surface area contributed by atoms with Crippen molar-refractivity contribution >= 4 is 43.2 Å². The fourth-order valence-corrected chi connectivity index (χ4v) is 7.58. The molecule has 3 aromatic rings. The van der Waals surface area contributed by atoms with Gasteiger partial charge in [-0.3, -0.25) is 4.79 Å². The molecule has 6 nitrogen and oxygen atoms in total. The molecule has 2 aliphatic heterocycles. The van der Waals surface area contributed by atoms with Crippen molar-refractivity contribution in [1.29, 1.82) is 0 Å². The van der Waals surface area contributed by atoms with E-state index in [2.05, 4.69) is 0 Å². The molecular formula is C22H23N3O3S2. The minimum atomic E-state index is -3.65. The SMILES string of the molecule is CC(=O)N1c2ccc(S(=O)(=O)N3CCC[C@@H]3c3nc4ccccc4s3)cc2C[C@@H]1C. The van der Waals surface area contributed by atoms with Crippen molar-refractivity contribution < 1.29 is 13.2 Å². The third-order valence-corrected chi connectivity index (χ3v) is 9.05. The molecule has 30 heavy (non-hydrogen) atoms. The highest BCUT2D eigenvalue weighted by atomic mass is 32.2. The van der Waals surface area contributed by atoms with E-state index in [1.165, 1.54) is 0 Å². The minimum Gasteiger partial charge on any atom is -0.309 e. The Morgan fingerprint density at radius 1 is 1.20 bits per heavy atom. The Kier molecular flexibility index (Phi) is 4.68. The Morgan fingerprint density at radius 2 is 2.00 bits per heavy atom. The number of benzene rings is 2. The van der Waals surface area contributed by atoms with Crippen LogP contribution in [0.5, 0.6) is 0 Å². The molecular weight excluding hydrogens is 418 g/mol. The molecule has 1 amide bonds. The number of carbonyl (C=O) groups excluding carboxylic acids is 1. The summed E-state index contributed by atoms with van der Waals surface area (Å²) in [4.78, 5) is 18.7. The van der Waals surface area contributed by atoms with E-state index in [4.69, 9.17) is 4.98 Å². The van der Waals surface area contributed by atoms with Crippen LogP contribution in [0.25, 0.3) is 10.2 Å². The molecule has 1 fully saturated rings. The predicted octanol–water partition coefficient (Wildman–Crippen LogP) is 4.12. The molecule has 5 rings (SSSR count). The highest BCUT2D eigenvalue weighted by Crippen LogP contribution is 2.41. The zero-order valence-electron chi connectivity index (χ0n) is 16.9. The fraction of sp³-hybridized carbons (Fsp3) is 0.364. The summed E-state index contributed by atoms with van der Waals surface area (Å²) in [7, 11) is -3.65. The molecule has 0 N–H and O–H groups in total. The van der Waals surface area contributed by atoms with Crippen LogP contribution < -0.4 is 4.90 Å². The molecule has 2 aromatic carbocycles. The van der Waals surface area contributed by atoms with Crippen molar-refractivity contribution in [1.82, 2.24) is 9.29 Å². The molecule has 156 valence electrons. The molecule has 0 aliphatic carbocycles. The van der Waals surface area contributed by atoms with Crippen molar-refractivity contribution in [2.75, 3.05) is 11.4 Å². The lowest BCUT2D eigenvalue weighted by molar-refractivity contribution is -0.116. The number of rotatable bonds is 3. The molecule has 2 aliphatic rings. The number of amides is 1. The van der Waals surface area contributed by atoms with Crippen LogP contribution in [0, 0.1) is 0 Å². The standard InChI is InChI=1S/C22H23N3O3S2/c1-14-12-16-13-17(9-10-19(16)25(14)15(2)26)30(27,28)24-11-5-7-20(24)22-23-18-6-3-4-8-21(18)29-22/h3-4,6,8-10,13-14,20H,5,7,11-12H2,1-2H3/t14-,20+/m0/s1. The van der Waals surface area contributed by atoms with E-state index in [0.717, 1.165) is 39.3 Å².